The Morgan fingerprint density at radius 1 is 1.15 bits per heavy atom. The molecule has 0 amide bonds. The Hall–Kier alpha value is -1.89. The number of aryl methyl sites for hydroxylation is 1. The van der Waals surface area contributed by atoms with Crippen molar-refractivity contribution < 1.29 is 13.9 Å². The van der Waals surface area contributed by atoms with E-state index in [0.717, 1.165) is 14.9 Å². The van der Waals surface area contributed by atoms with Gasteiger partial charge in [0, 0.05) is 11.6 Å². The lowest BCUT2D eigenvalue weighted by molar-refractivity contribution is -0.129. The van der Waals surface area contributed by atoms with Gasteiger partial charge >= 0.3 is 5.97 Å². The highest BCUT2D eigenvalue weighted by Crippen LogP contribution is 2.20. The minimum atomic E-state index is -0.466. The van der Waals surface area contributed by atoms with Crippen LogP contribution in [0.4, 0.5) is 0 Å². The average molecular weight is 379 g/mol. The number of hydrogen-bond acceptors (Lipinski definition) is 4. The number of cyclic esters (lactones) is 1. The summed E-state index contributed by atoms with van der Waals surface area (Å²) in [6, 6.07) is 11.2. The van der Waals surface area contributed by atoms with E-state index in [1.54, 1.807) is 12.1 Å². The zero-order valence-corrected chi connectivity index (χ0v) is 12.7. The number of ether oxygens (including phenoxy) is 1. The number of rotatable bonds is 2. The van der Waals surface area contributed by atoms with Gasteiger partial charge in [0.1, 0.15) is 5.76 Å². The fraction of sp³-hybridized carbons (Fsp3) is 0.0667. The molecule has 0 radical (unpaired) electrons. The van der Waals surface area contributed by atoms with Crippen molar-refractivity contribution in [2.45, 2.75) is 6.92 Å². The van der Waals surface area contributed by atoms with E-state index in [0.29, 0.717) is 11.7 Å². The quantitative estimate of drug-likeness (QED) is 0.456. The van der Waals surface area contributed by atoms with Crippen LogP contribution in [0.2, 0.25) is 0 Å². The van der Waals surface area contributed by atoms with Gasteiger partial charge in [-0.3, -0.25) is 0 Å². The second-order valence-corrected chi connectivity index (χ2v) is 5.41. The fourth-order valence-corrected chi connectivity index (χ4v) is 2.20. The number of carbonyl (C=O) groups is 1. The fourth-order valence-electron chi connectivity index (χ4n) is 1.77. The maximum Gasteiger partial charge on any atom is 0.363 e. The van der Waals surface area contributed by atoms with Crippen molar-refractivity contribution >= 4 is 40.5 Å². The summed E-state index contributed by atoms with van der Waals surface area (Å²) in [6.07, 6.45) is 1.58. The standard InChI is InChI=1S/C15H10INO3/c1-9-2-4-10(5-3-9)14-17-12(15(18)20-14)8-11-6-7-13(16)19-11/h2-8H,1H3/b12-8+. The molecule has 0 unspecified atom stereocenters. The number of halogens is 1. The predicted molar refractivity (Wildman–Crippen MR) is 83.2 cm³/mol. The molecule has 0 N–H and O–H groups in total. The van der Waals surface area contributed by atoms with Crippen molar-refractivity contribution in [3.05, 3.63) is 62.7 Å². The molecule has 2 heterocycles. The minimum Gasteiger partial charge on any atom is -0.451 e. The number of carbonyl (C=O) groups excluding carboxylic acids is 1. The van der Waals surface area contributed by atoms with E-state index < -0.39 is 5.97 Å². The van der Waals surface area contributed by atoms with Crippen molar-refractivity contribution in [3.8, 4) is 0 Å². The summed E-state index contributed by atoms with van der Waals surface area (Å²) in [5, 5.41) is 0. The Balaban J connectivity index is 1.92. The van der Waals surface area contributed by atoms with Crippen molar-refractivity contribution in [2.24, 2.45) is 4.99 Å². The molecule has 100 valence electrons. The molecule has 0 aliphatic carbocycles. The lowest BCUT2D eigenvalue weighted by Crippen LogP contribution is -2.05. The molecule has 0 saturated carbocycles. The molecule has 2 aromatic rings. The van der Waals surface area contributed by atoms with Gasteiger partial charge in [-0.2, -0.15) is 0 Å². The third-order valence-corrected chi connectivity index (χ3v) is 3.37. The van der Waals surface area contributed by atoms with Gasteiger partial charge in [0.15, 0.2) is 9.46 Å². The average Bonchev–Trinajstić information content (AvgIpc) is 2.98. The lowest BCUT2D eigenvalue weighted by Gasteiger charge is -1.99. The van der Waals surface area contributed by atoms with Crippen LogP contribution in [0.15, 0.2) is 51.5 Å². The van der Waals surface area contributed by atoms with E-state index in [-0.39, 0.29) is 5.70 Å². The van der Waals surface area contributed by atoms with Crippen molar-refractivity contribution in [3.63, 3.8) is 0 Å². The topological polar surface area (TPSA) is 51.8 Å². The molecule has 0 saturated heterocycles. The van der Waals surface area contributed by atoms with Crippen LogP contribution in [0.25, 0.3) is 6.08 Å². The van der Waals surface area contributed by atoms with Crippen LogP contribution >= 0.6 is 22.6 Å². The number of nitrogens with zero attached hydrogens (tertiary/aromatic N) is 1. The van der Waals surface area contributed by atoms with Crippen LogP contribution in [-0.2, 0) is 9.53 Å². The highest BCUT2D eigenvalue weighted by molar-refractivity contribution is 14.1. The zero-order chi connectivity index (χ0) is 14.1. The first-order valence-corrected chi connectivity index (χ1v) is 7.04. The maximum atomic E-state index is 11.8. The molecule has 1 aromatic heterocycles. The third-order valence-electron chi connectivity index (χ3n) is 2.79. The Labute approximate surface area is 129 Å². The van der Waals surface area contributed by atoms with Crippen LogP contribution in [-0.4, -0.2) is 11.9 Å². The van der Waals surface area contributed by atoms with Gasteiger partial charge in [0.2, 0.25) is 5.90 Å². The normalized spacial score (nSPS) is 16.4. The number of aliphatic imine (C=N–C) groups is 1. The molecule has 0 bridgehead atoms. The van der Waals surface area contributed by atoms with E-state index in [1.165, 1.54) is 0 Å². The van der Waals surface area contributed by atoms with E-state index in [9.17, 15) is 4.79 Å². The number of hydrogen-bond donors (Lipinski definition) is 0. The van der Waals surface area contributed by atoms with Gasteiger partial charge < -0.3 is 9.15 Å². The van der Waals surface area contributed by atoms with Gasteiger partial charge in [0.05, 0.1) is 0 Å². The Kier molecular flexibility index (Phi) is 3.43. The first kappa shape index (κ1) is 13.1. The molecule has 1 aliphatic rings. The summed E-state index contributed by atoms with van der Waals surface area (Å²) in [5.74, 6) is 0.435. The summed E-state index contributed by atoms with van der Waals surface area (Å²) >= 11 is 2.06. The Morgan fingerprint density at radius 2 is 1.90 bits per heavy atom. The zero-order valence-electron chi connectivity index (χ0n) is 10.6. The molecular formula is C15H10INO3. The van der Waals surface area contributed by atoms with E-state index in [4.69, 9.17) is 9.15 Å². The molecule has 0 spiro atoms. The van der Waals surface area contributed by atoms with Gasteiger partial charge in [0.25, 0.3) is 0 Å². The van der Waals surface area contributed by atoms with Crippen LogP contribution in [0, 0.1) is 10.7 Å². The minimum absolute atomic E-state index is 0.242. The smallest absolute Gasteiger partial charge is 0.363 e. The summed E-state index contributed by atoms with van der Waals surface area (Å²) in [7, 11) is 0. The number of esters is 1. The lowest BCUT2D eigenvalue weighted by atomic mass is 10.1. The summed E-state index contributed by atoms with van der Waals surface area (Å²) in [4.78, 5) is 16.0. The molecular weight excluding hydrogens is 369 g/mol. The van der Waals surface area contributed by atoms with Crippen molar-refractivity contribution in [1.29, 1.82) is 0 Å². The highest BCUT2D eigenvalue weighted by atomic mass is 127. The first-order chi connectivity index (χ1) is 9.61. The Morgan fingerprint density at radius 3 is 2.55 bits per heavy atom. The van der Waals surface area contributed by atoms with Crippen LogP contribution < -0.4 is 0 Å². The van der Waals surface area contributed by atoms with Gasteiger partial charge in [-0.1, -0.05) is 17.7 Å². The number of furan rings is 1. The first-order valence-electron chi connectivity index (χ1n) is 5.97. The van der Waals surface area contributed by atoms with E-state index in [2.05, 4.69) is 27.6 Å². The molecule has 4 nitrogen and oxygen atoms in total. The molecule has 3 rings (SSSR count). The van der Waals surface area contributed by atoms with E-state index in [1.807, 2.05) is 37.3 Å². The summed E-state index contributed by atoms with van der Waals surface area (Å²) < 4.78 is 11.3. The molecule has 5 heteroatoms. The third kappa shape index (κ3) is 2.67. The summed E-state index contributed by atoms with van der Waals surface area (Å²) in [5.41, 5.74) is 2.16. The second kappa shape index (κ2) is 5.24. The monoisotopic (exact) mass is 379 g/mol. The largest absolute Gasteiger partial charge is 0.451 e. The molecule has 1 aromatic carbocycles. The second-order valence-electron chi connectivity index (χ2n) is 4.34. The number of benzene rings is 1. The van der Waals surface area contributed by atoms with Gasteiger partial charge in [-0.05, 0) is 53.8 Å². The predicted octanol–water partition coefficient (Wildman–Crippen LogP) is 3.54. The Bertz CT molecular complexity index is 726. The molecule has 0 fully saturated rings. The maximum absolute atomic E-state index is 11.8. The van der Waals surface area contributed by atoms with Crippen LogP contribution in [0.5, 0.6) is 0 Å². The van der Waals surface area contributed by atoms with Crippen LogP contribution in [0.3, 0.4) is 0 Å². The van der Waals surface area contributed by atoms with Crippen LogP contribution in [0.1, 0.15) is 16.9 Å². The van der Waals surface area contributed by atoms with Crippen molar-refractivity contribution in [2.75, 3.05) is 0 Å². The van der Waals surface area contributed by atoms with Crippen molar-refractivity contribution in [1.82, 2.24) is 0 Å². The molecule has 0 atom stereocenters. The molecule has 1 aliphatic heterocycles. The van der Waals surface area contributed by atoms with Gasteiger partial charge in [-0.15, -0.1) is 0 Å². The van der Waals surface area contributed by atoms with E-state index >= 15 is 0 Å². The SMILES string of the molecule is Cc1ccc(C2=N/C(=C/c3ccc(I)o3)C(=O)O2)cc1. The van der Waals surface area contributed by atoms with Gasteiger partial charge in [-0.25, -0.2) is 9.79 Å². The molecule has 20 heavy (non-hydrogen) atoms. The highest BCUT2D eigenvalue weighted by Gasteiger charge is 2.24. The summed E-state index contributed by atoms with van der Waals surface area (Å²) in [6.45, 7) is 2.00.